The molecule has 94 valence electrons. The number of anilines is 1. The van der Waals surface area contributed by atoms with Crippen molar-refractivity contribution >= 4 is 16.5 Å². The molecule has 1 aliphatic heterocycles. The third-order valence-electron chi connectivity index (χ3n) is 3.72. The van der Waals surface area contributed by atoms with Crippen LogP contribution < -0.4 is 4.90 Å². The Labute approximate surface area is 107 Å². The summed E-state index contributed by atoms with van der Waals surface area (Å²) < 4.78 is 0. The molecule has 1 saturated heterocycles. The predicted octanol–water partition coefficient (Wildman–Crippen LogP) is 2.30. The van der Waals surface area contributed by atoms with Crippen LogP contribution in [0.1, 0.15) is 0 Å². The van der Waals surface area contributed by atoms with E-state index in [-0.39, 0.29) is 0 Å². The Morgan fingerprint density at radius 2 is 1.67 bits per heavy atom. The standard InChI is InChI=1S/C15H18N2O/c1-16-8-10-17(11-9-16)14-7-6-12-4-2-3-5-13(12)15(14)18/h2-7,18H,8-11H2,1H3. The number of aromatic hydroxyl groups is 1. The van der Waals surface area contributed by atoms with E-state index >= 15 is 0 Å². The Balaban J connectivity index is 1.99. The molecule has 0 saturated carbocycles. The van der Waals surface area contributed by atoms with Crippen LogP contribution in [-0.2, 0) is 0 Å². The van der Waals surface area contributed by atoms with Crippen LogP contribution in [-0.4, -0.2) is 43.2 Å². The van der Waals surface area contributed by atoms with Gasteiger partial charge in [-0.1, -0.05) is 30.3 Å². The monoisotopic (exact) mass is 242 g/mol. The maximum absolute atomic E-state index is 10.4. The summed E-state index contributed by atoms with van der Waals surface area (Å²) in [6.45, 7) is 4.04. The number of rotatable bonds is 1. The van der Waals surface area contributed by atoms with Gasteiger partial charge in [0, 0.05) is 31.6 Å². The lowest BCUT2D eigenvalue weighted by atomic mass is 10.1. The van der Waals surface area contributed by atoms with E-state index in [2.05, 4.69) is 22.9 Å². The number of likely N-dealkylation sites (N-methyl/N-ethyl adjacent to an activating group) is 1. The molecule has 18 heavy (non-hydrogen) atoms. The number of hydrogen-bond acceptors (Lipinski definition) is 3. The summed E-state index contributed by atoms with van der Waals surface area (Å²) in [5.74, 6) is 0.414. The van der Waals surface area contributed by atoms with Crippen LogP contribution >= 0.6 is 0 Å². The van der Waals surface area contributed by atoms with Crippen LogP contribution in [0.2, 0.25) is 0 Å². The molecule has 1 aliphatic rings. The third kappa shape index (κ3) is 1.91. The summed E-state index contributed by atoms with van der Waals surface area (Å²) in [5.41, 5.74) is 0.960. The first-order valence-corrected chi connectivity index (χ1v) is 6.40. The number of piperazine rings is 1. The molecular formula is C15H18N2O. The van der Waals surface area contributed by atoms with Gasteiger partial charge in [0.1, 0.15) is 5.75 Å². The van der Waals surface area contributed by atoms with Gasteiger partial charge in [-0.15, -0.1) is 0 Å². The second-order valence-electron chi connectivity index (χ2n) is 4.94. The lowest BCUT2D eigenvalue weighted by Gasteiger charge is -2.34. The lowest BCUT2D eigenvalue weighted by Crippen LogP contribution is -2.44. The normalized spacial score (nSPS) is 17.3. The van der Waals surface area contributed by atoms with Crippen molar-refractivity contribution in [2.24, 2.45) is 0 Å². The molecule has 2 aromatic carbocycles. The van der Waals surface area contributed by atoms with Crippen molar-refractivity contribution in [2.75, 3.05) is 38.1 Å². The molecule has 3 rings (SSSR count). The van der Waals surface area contributed by atoms with E-state index in [1.165, 1.54) is 0 Å². The molecule has 1 N–H and O–H groups in total. The molecule has 1 fully saturated rings. The van der Waals surface area contributed by atoms with Crippen LogP contribution in [0.3, 0.4) is 0 Å². The van der Waals surface area contributed by atoms with Gasteiger partial charge in [-0.3, -0.25) is 0 Å². The number of hydrogen-bond donors (Lipinski definition) is 1. The highest BCUT2D eigenvalue weighted by Gasteiger charge is 2.17. The summed E-state index contributed by atoms with van der Waals surface area (Å²) in [6.07, 6.45) is 0. The molecule has 1 heterocycles. The van der Waals surface area contributed by atoms with Gasteiger partial charge in [0.25, 0.3) is 0 Å². The van der Waals surface area contributed by atoms with Gasteiger partial charge in [-0.2, -0.15) is 0 Å². The fourth-order valence-electron chi connectivity index (χ4n) is 2.55. The first kappa shape index (κ1) is 11.4. The van der Waals surface area contributed by atoms with E-state index < -0.39 is 0 Å². The van der Waals surface area contributed by atoms with Crippen LogP contribution in [0.4, 0.5) is 5.69 Å². The average Bonchev–Trinajstić information content (AvgIpc) is 2.41. The Morgan fingerprint density at radius 3 is 2.44 bits per heavy atom. The fraction of sp³-hybridized carbons (Fsp3) is 0.333. The number of phenolic OH excluding ortho intramolecular Hbond substituents is 1. The SMILES string of the molecule is CN1CCN(c2ccc3ccccc3c2O)CC1. The van der Waals surface area contributed by atoms with Crippen LogP contribution in [0.5, 0.6) is 5.75 Å². The maximum atomic E-state index is 10.4. The van der Waals surface area contributed by atoms with Gasteiger partial charge in [0.05, 0.1) is 5.69 Å². The molecule has 0 atom stereocenters. The number of benzene rings is 2. The molecule has 0 unspecified atom stereocenters. The van der Waals surface area contributed by atoms with E-state index in [4.69, 9.17) is 0 Å². The number of nitrogens with zero attached hydrogens (tertiary/aromatic N) is 2. The highest BCUT2D eigenvalue weighted by Crippen LogP contribution is 2.35. The Kier molecular flexibility index (Phi) is 2.84. The highest BCUT2D eigenvalue weighted by molar-refractivity contribution is 5.93. The summed E-state index contributed by atoms with van der Waals surface area (Å²) >= 11 is 0. The Hall–Kier alpha value is -1.74. The van der Waals surface area contributed by atoms with Gasteiger partial charge in [0.2, 0.25) is 0 Å². The largest absolute Gasteiger partial charge is 0.505 e. The van der Waals surface area contributed by atoms with Crippen LogP contribution in [0, 0.1) is 0 Å². The third-order valence-corrected chi connectivity index (χ3v) is 3.72. The smallest absolute Gasteiger partial charge is 0.146 e. The summed E-state index contributed by atoms with van der Waals surface area (Å²) in [7, 11) is 2.14. The summed E-state index contributed by atoms with van der Waals surface area (Å²) in [4.78, 5) is 4.58. The second-order valence-corrected chi connectivity index (χ2v) is 4.94. The predicted molar refractivity (Wildman–Crippen MR) is 75.3 cm³/mol. The molecule has 3 nitrogen and oxygen atoms in total. The van der Waals surface area contributed by atoms with Crippen molar-refractivity contribution in [3.05, 3.63) is 36.4 Å². The van der Waals surface area contributed by atoms with Gasteiger partial charge in [0.15, 0.2) is 0 Å². The maximum Gasteiger partial charge on any atom is 0.146 e. The molecule has 0 spiro atoms. The fourth-order valence-corrected chi connectivity index (χ4v) is 2.55. The van der Waals surface area contributed by atoms with E-state index in [0.717, 1.165) is 42.6 Å². The van der Waals surface area contributed by atoms with Gasteiger partial charge < -0.3 is 14.9 Å². The van der Waals surface area contributed by atoms with Crippen molar-refractivity contribution < 1.29 is 5.11 Å². The van der Waals surface area contributed by atoms with E-state index in [9.17, 15) is 5.11 Å². The molecule has 3 heteroatoms. The second kappa shape index (κ2) is 4.50. The minimum atomic E-state index is 0.414. The van der Waals surface area contributed by atoms with E-state index in [1.807, 2.05) is 30.3 Å². The quantitative estimate of drug-likeness (QED) is 0.831. The van der Waals surface area contributed by atoms with Crippen molar-refractivity contribution in [1.82, 2.24) is 4.90 Å². The first-order valence-electron chi connectivity index (χ1n) is 6.40. The van der Waals surface area contributed by atoms with Crippen molar-refractivity contribution in [1.29, 1.82) is 0 Å². The number of fused-ring (bicyclic) bond motifs is 1. The summed E-state index contributed by atoms with van der Waals surface area (Å²) in [6, 6.07) is 12.1. The average molecular weight is 242 g/mol. The number of phenols is 1. The molecule has 0 bridgehead atoms. The van der Waals surface area contributed by atoms with Gasteiger partial charge in [-0.05, 0) is 18.5 Å². The van der Waals surface area contributed by atoms with Crippen LogP contribution in [0.25, 0.3) is 10.8 Å². The topological polar surface area (TPSA) is 26.7 Å². The summed E-state index contributed by atoms with van der Waals surface area (Å²) in [5, 5.41) is 12.4. The van der Waals surface area contributed by atoms with Crippen LogP contribution in [0.15, 0.2) is 36.4 Å². The zero-order valence-corrected chi connectivity index (χ0v) is 10.6. The molecule has 0 radical (unpaired) electrons. The molecule has 0 amide bonds. The molecular weight excluding hydrogens is 224 g/mol. The van der Waals surface area contributed by atoms with E-state index in [0.29, 0.717) is 5.75 Å². The highest BCUT2D eigenvalue weighted by atomic mass is 16.3. The zero-order chi connectivity index (χ0) is 12.5. The van der Waals surface area contributed by atoms with Gasteiger partial charge >= 0.3 is 0 Å². The molecule has 0 aliphatic carbocycles. The molecule has 0 aromatic heterocycles. The first-order chi connectivity index (χ1) is 8.75. The lowest BCUT2D eigenvalue weighted by molar-refractivity contribution is 0.311. The van der Waals surface area contributed by atoms with Gasteiger partial charge in [-0.25, -0.2) is 0 Å². The minimum absolute atomic E-state index is 0.414. The van der Waals surface area contributed by atoms with Crippen molar-refractivity contribution in [3.8, 4) is 5.75 Å². The van der Waals surface area contributed by atoms with Crippen molar-refractivity contribution in [2.45, 2.75) is 0 Å². The van der Waals surface area contributed by atoms with E-state index in [1.54, 1.807) is 0 Å². The van der Waals surface area contributed by atoms with Crippen molar-refractivity contribution in [3.63, 3.8) is 0 Å². The molecule has 2 aromatic rings. The minimum Gasteiger partial charge on any atom is -0.505 e. The zero-order valence-electron chi connectivity index (χ0n) is 10.6. The Bertz CT molecular complexity index is 559. The Morgan fingerprint density at radius 1 is 0.944 bits per heavy atom.